The molecule has 0 aliphatic heterocycles. The molecule has 2 aromatic rings. The van der Waals surface area contributed by atoms with Gasteiger partial charge in [0.2, 0.25) is 0 Å². The third-order valence-corrected chi connectivity index (χ3v) is 1.11. The molecule has 0 amide bonds. The van der Waals surface area contributed by atoms with Gasteiger partial charge in [-0.05, 0) is 0 Å². The van der Waals surface area contributed by atoms with Crippen molar-refractivity contribution >= 4 is 0 Å². The van der Waals surface area contributed by atoms with Crippen molar-refractivity contribution in [1.82, 2.24) is 0 Å². The quantitative estimate of drug-likeness (QED) is 0.383. The van der Waals surface area contributed by atoms with Gasteiger partial charge < -0.3 is 6.58 Å². The van der Waals surface area contributed by atoms with Crippen LogP contribution in [0.25, 0.3) is 0 Å². The molecule has 0 N–H and O–H groups in total. The van der Waals surface area contributed by atoms with Gasteiger partial charge in [-0.25, -0.2) is 24.3 Å². The first-order valence-corrected chi connectivity index (χ1v) is 4.56. The van der Waals surface area contributed by atoms with Crippen molar-refractivity contribution in [1.29, 1.82) is 0 Å². The Morgan fingerprint density at radius 3 is 0.773 bits per heavy atom. The van der Waals surface area contributed by atoms with Crippen LogP contribution in [0.4, 0.5) is 0 Å². The number of hydrogen-bond donors (Lipinski definition) is 0. The summed E-state index contributed by atoms with van der Waals surface area (Å²) in [6.07, 6.45) is 0. The molecule has 4 nitrogen and oxygen atoms in total. The summed E-state index contributed by atoms with van der Waals surface area (Å²) in [5.74, 6) is 0. The van der Waals surface area contributed by atoms with Gasteiger partial charge in [-0.1, -0.05) is 0 Å². The van der Waals surface area contributed by atoms with Gasteiger partial charge in [-0.3, -0.25) is 6.58 Å². The molecule has 0 heterocycles. The zero-order valence-corrected chi connectivity index (χ0v) is 13.8. The third-order valence-electron chi connectivity index (χ3n) is 1.11. The van der Waals surface area contributed by atoms with Crippen molar-refractivity contribution in [2.24, 2.45) is 0 Å². The fraction of sp³-hybridized carbons (Fsp3) is 0. The Labute approximate surface area is 153 Å². The topological polar surface area (TPSA) is 79.6 Å². The smallest absolute Gasteiger partial charge is 0.521 e. The molecule has 0 unspecified atom stereocenters. The zero-order chi connectivity index (χ0) is 17.1. The molecule has 2 aromatic carbocycles. The van der Waals surface area contributed by atoms with E-state index in [0.717, 1.165) is 0 Å². The third kappa shape index (κ3) is 78.7. The normalized spacial score (nSPS) is 4.18. The molecule has 2 rings (SSSR count). The Morgan fingerprint density at radius 1 is 0.591 bits per heavy atom. The molecule has 2 radical (unpaired) electrons. The maximum absolute atomic E-state index is 7.50. The molecule has 0 spiro atoms. The van der Waals surface area contributed by atoms with E-state index in [-0.39, 0.29) is 34.1 Å². The van der Waals surface area contributed by atoms with Crippen LogP contribution in [-0.4, -0.2) is 0 Å². The van der Waals surface area contributed by atoms with Crippen LogP contribution in [0.2, 0.25) is 0 Å². The average molecular weight is 379 g/mol. The predicted molar refractivity (Wildman–Crippen MR) is 69.7 cm³/mol. The molecular weight excluding hydrogens is 366 g/mol. The van der Waals surface area contributed by atoms with Crippen LogP contribution in [0.15, 0.2) is 67.2 Å². The van der Waals surface area contributed by atoms with Gasteiger partial charge in [0.1, 0.15) is 0 Å². The molecule has 0 aliphatic rings. The van der Waals surface area contributed by atoms with E-state index in [1.165, 1.54) is 0 Å². The summed E-state index contributed by atoms with van der Waals surface area (Å²) in [5.41, 5.74) is 0. The maximum atomic E-state index is 7.50. The molecule has 0 atom stereocenters. The van der Waals surface area contributed by atoms with Crippen molar-refractivity contribution in [3.05, 3.63) is 100 Å². The molecule has 0 bridgehead atoms. The van der Waals surface area contributed by atoms with Gasteiger partial charge in [0, 0.05) is 17.1 Å². The van der Waals surface area contributed by atoms with E-state index >= 15 is 0 Å². The van der Waals surface area contributed by atoms with Gasteiger partial charge in [0.05, 0.1) is 0 Å². The van der Waals surface area contributed by atoms with Crippen molar-refractivity contribution in [2.75, 3.05) is 0 Å². The minimum Gasteiger partial charge on any atom is -0.521 e. The molecule has 116 valence electrons. The zero-order valence-electron chi connectivity index (χ0n) is 11.4. The summed E-state index contributed by atoms with van der Waals surface area (Å²) in [7, 11) is 0. The van der Waals surface area contributed by atoms with Crippen molar-refractivity contribution < 1.29 is 52.7 Å². The summed E-state index contributed by atoms with van der Waals surface area (Å²) in [5, 5.41) is 0. The van der Waals surface area contributed by atoms with E-state index in [9.17, 15) is 0 Å². The minimum atomic E-state index is 0. The fourth-order valence-corrected chi connectivity index (χ4v) is 0.642. The molecule has 0 aliphatic carbocycles. The van der Waals surface area contributed by atoms with E-state index in [0.29, 0.717) is 0 Å². The Balaban J connectivity index is -0.0000000251. The van der Waals surface area contributed by atoms with Crippen LogP contribution < -0.4 is 0 Å². The Kier molecular flexibility index (Phi) is 180. The van der Waals surface area contributed by atoms with Gasteiger partial charge in [-0.15, -0.1) is 0 Å². The Hall–Kier alpha value is -1.56. The molecular formula is C16H13Mn2O4-. The van der Waals surface area contributed by atoms with Crippen LogP contribution in [0.1, 0.15) is 0 Å². The maximum Gasteiger partial charge on any atom is 2.00 e. The number of rotatable bonds is 0. The second-order valence-corrected chi connectivity index (χ2v) is 1.92. The van der Waals surface area contributed by atoms with Gasteiger partial charge >= 0.3 is 62.3 Å². The Bertz CT molecular complexity index is 288. The SMILES string of the molecule is [C-]#[O+].[C-]#[O+].[C-]#[O+].[C-]#[O+].[CH-]=C.[Mn+2].[Mn].c1cc[cH-]c1.c1cc[cH-]c1. The van der Waals surface area contributed by atoms with E-state index in [1.54, 1.807) is 0 Å². The van der Waals surface area contributed by atoms with Crippen molar-refractivity contribution in [2.45, 2.75) is 0 Å². The summed E-state index contributed by atoms with van der Waals surface area (Å²) in [4.78, 5) is 0. The van der Waals surface area contributed by atoms with E-state index < -0.39 is 0 Å². The first kappa shape index (κ1) is 42.8. The van der Waals surface area contributed by atoms with Crippen LogP contribution in [-0.2, 0) is 52.7 Å². The van der Waals surface area contributed by atoms with Crippen molar-refractivity contribution in [3.8, 4) is 0 Å². The van der Waals surface area contributed by atoms with E-state index in [4.69, 9.17) is 18.6 Å². The monoisotopic (exact) mass is 379 g/mol. The summed E-state index contributed by atoms with van der Waals surface area (Å²) in [6, 6.07) is 20.0. The van der Waals surface area contributed by atoms with Crippen LogP contribution in [0, 0.1) is 33.2 Å². The molecule has 0 saturated heterocycles. The summed E-state index contributed by atoms with van der Waals surface area (Å²) < 4.78 is 30.0. The van der Waals surface area contributed by atoms with Crippen LogP contribution in [0.5, 0.6) is 0 Å². The van der Waals surface area contributed by atoms with E-state index in [2.05, 4.69) is 39.8 Å². The summed E-state index contributed by atoms with van der Waals surface area (Å²) >= 11 is 0. The predicted octanol–water partition coefficient (Wildman–Crippen LogP) is 3.26. The van der Waals surface area contributed by atoms with Gasteiger partial charge in [0.25, 0.3) is 0 Å². The van der Waals surface area contributed by atoms with Crippen LogP contribution in [0.3, 0.4) is 0 Å². The first-order valence-electron chi connectivity index (χ1n) is 4.56. The van der Waals surface area contributed by atoms with E-state index in [1.807, 2.05) is 60.7 Å². The second kappa shape index (κ2) is 92.8. The molecule has 0 aromatic heterocycles. The Morgan fingerprint density at radius 2 is 0.727 bits per heavy atom. The van der Waals surface area contributed by atoms with Gasteiger partial charge in [0.15, 0.2) is 0 Å². The molecule has 0 fully saturated rings. The first-order chi connectivity index (χ1) is 10.0. The minimum absolute atomic E-state index is 0. The van der Waals surface area contributed by atoms with Crippen LogP contribution >= 0.6 is 0 Å². The second-order valence-electron chi connectivity index (χ2n) is 1.92. The van der Waals surface area contributed by atoms with Crippen molar-refractivity contribution in [3.63, 3.8) is 0 Å². The molecule has 22 heavy (non-hydrogen) atoms. The standard InChI is InChI=1S/2C5H5.C2H3.4CO.2Mn/c2*1-2-4-5-3-1;5*1-2;;/h2*1-5H;1H,2H2;;;;;;/q3*-1;;;;;;+2. The van der Waals surface area contributed by atoms with Gasteiger partial charge in [-0.2, -0.15) is 36.4 Å². The number of hydrogen-bond acceptors (Lipinski definition) is 0. The molecule has 0 saturated carbocycles. The average Bonchev–Trinajstić information content (AvgIpc) is 3.34. The largest absolute Gasteiger partial charge is 2.00 e. The summed E-state index contributed by atoms with van der Waals surface area (Å²) in [6.45, 7) is 25.0. The molecule has 6 heteroatoms. The fourth-order valence-electron chi connectivity index (χ4n) is 0.642.